The SMILES string of the molecule is O=C(NCC(=O)N1CCN(C2CCCC2)CC1)c1ccc(-c2ccccc2)cc1. The smallest absolute Gasteiger partial charge is 0.251 e. The van der Waals surface area contributed by atoms with Crippen LogP contribution in [0.5, 0.6) is 0 Å². The highest BCUT2D eigenvalue weighted by Crippen LogP contribution is 2.24. The molecule has 0 spiro atoms. The Morgan fingerprint density at radius 3 is 2.10 bits per heavy atom. The van der Waals surface area contributed by atoms with Crippen LogP contribution in [0.25, 0.3) is 11.1 Å². The molecule has 2 fully saturated rings. The van der Waals surface area contributed by atoms with E-state index in [1.807, 2.05) is 59.5 Å². The number of nitrogens with zero attached hydrogens (tertiary/aromatic N) is 2. The quantitative estimate of drug-likeness (QED) is 0.852. The van der Waals surface area contributed by atoms with E-state index >= 15 is 0 Å². The molecule has 4 rings (SSSR count). The van der Waals surface area contributed by atoms with Crippen LogP contribution in [0.2, 0.25) is 0 Å². The standard InChI is InChI=1S/C24H29N3O2/c28-23(27-16-14-26(15-17-27)22-8-4-5-9-22)18-25-24(29)21-12-10-20(11-13-21)19-6-2-1-3-7-19/h1-3,6-7,10-13,22H,4-5,8-9,14-18H2,(H,25,29). The van der Waals surface area contributed by atoms with Gasteiger partial charge < -0.3 is 10.2 Å². The van der Waals surface area contributed by atoms with E-state index in [9.17, 15) is 9.59 Å². The molecule has 2 aromatic carbocycles. The summed E-state index contributed by atoms with van der Waals surface area (Å²) >= 11 is 0. The van der Waals surface area contributed by atoms with Gasteiger partial charge in [-0.25, -0.2) is 0 Å². The first-order valence-electron chi connectivity index (χ1n) is 10.7. The first kappa shape index (κ1) is 19.6. The zero-order valence-electron chi connectivity index (χ0n) is 16.8. The lowest BCUT2D eigenvalue weighted by atomic mass is 10.0. The highest BCUT2D eigenvalue weighted by atomic mass is 16.2. The van der Waals surface area contributed by atoms with Crippen molar-refractivity contribution in [3.8, 4) is 11.1 Å². The van der Waals surface area contributed by atoms with Crippen LogP contribution in [-0.2, 0) is 4.79 Å². The summed E-state index contributed by atoms with van der Waals surface area (Å²) < 4.78 is 0. The summed E-state index contributed by atoms with van der Waals surface area (Å²) in [5.74, 6) is -0.201. The molecule has 5 nitrogen and oxygen atoms in total. The van der Waals surface area contributed by atoms with Crippen LogP contribution in [0.15, 0.2) is 54.6 Å². The van der Waals surface area contributed by atoms with E-state index in [2.05, 4.69) is 10.2 Å². The lowest BCUT2D eigenvalue weighted by Gasteiger charge is -2.38. The molecule has 0 radical (unpaired) electrons. The molecule has 0 bridgehead atoms. The van der Waals surface area contributed by atoms with Gasteiger partial charge in [-0.05, 0) is 36.1 Å². The Labute approximate surface area is 172 Å². The van der Waals surface area contributed by atoms with Gasteiger partial charge in [0.2, 0.25) is 5.91 Å². The van der Waals surface area contributed by atoms with Gasteiger partial charge in [-0.1, -0.05) is 55.3 Å². The molecule has 1 saturated heterocycles. The van der Waals surface area contributed by atoms with Crippen molar-refractivity contribution >= 4 is 11.8 Å². The van der Waals surface area contributed by atoms with Crippen LogP contribution in [0, 0.1) is 0 Å². The van der Waals surface area contributed by atoms with Gasteiger partial charge in [0, 0.05) is 37.8 Å². The average molecular weight is 392 g/mol. The monoisotopic (exact) mass is 391 g/mol. The first-order valence-corrected chi connectivity index (χ1v) is 10.7. The molecule has 1 heterocycles. The summed E-state index contributed by atoms with van der Waals surface area (Å²) in [6, 6.07) is 18.3. The second kappa shape index (κ2) is 9.23. The van der Waals surface area contributed by atoms with E-state index in [0.717, 1.165) is 37.3 Å². The maximum absolute atomic E-state index is 12.5. The first-order chi connectivity index (χ1) is 14.2. The van der Waals surface area contributed by atoms with E-state index in [1.165, 1.54) is 25.7 Å². The van der Waals surface area contributed by atoms with Gasteiger partial charge in [0.25, 0.3) is 5.91 Å². The van der Waals surface area contributed by atoms with Gasteiger partial charge >= 0.3 is 0 Å². The predicted octanol–water partition coefficient (Wildman–Crippen LogP) is 3.17. The molecule has 1 aliphatic heterocycles. The van der Waals surface area contributed by atoms with E-state index in [0.29, 0.717) is 11.6 Å². The highest BCUT2D eigenvalue weighted by molar-refractivity contribution is 5.96. The molecule has 29 heavy (non-hydrogen) atoms. The Morgan fingerprint density at radius 1 is 0.828 bits per heavy atom. The minimum absolute atomic E-state index is 0.00493. The predicted molar refractivity (Wildman–Crippen MR) is 115 cm³/mol. The number of hydrogen-bond acceptors (Lipinski definition) is 3. The zero-order valence-corrected chi connectivity index (χ0v) is 16.8. The fourth-order valence-electron chi connectivity index (χ4n) is 4.42. The summed E-state index contributed by atoms with van der Waals surface area (Å²) in [4.78, 5) is 29.3. The second-order valence-electron chi connectivity index (χ2n) is 7.98. The third-order valence-electron chi connectivity index (χ3n) is 6.16. The fourth-order valence-corrected chi connectivity index (χ4v) is 4.42. The number of carbonyl (C=O) groups is 2. The van der Waals surface area contributed by atoms with E-state index < -0.39 is 0 Å². The van der Waals surface area contributed by atoms with E-state index in [1.54, 1.807) is 0 Å². The Kier molecular flexibility index (Phi) is 6.25. The summed E-state index contributed by atoms with van der Waals surface area (Å²) in [6.45, 7) is 3.48. The molecule has 0 atom stereocenters. The molecule has 5 heteroatoms. The number of amides is 2. The van der Waals surface area contributed by atoms with E-state index in [-0.39, 0.29) is 18.4 Å². The number of hydrogen-bond donors (Lipinski definition) is 1. The lowest BCUT2D eigenvalue weighted by molar-refractivity contribution is -0.132. The number of rotatable bonds is 5. The average Bonchev–Trinajstić information content (AvgIpc) is 3.33. The van der Waals surface area contributed by atoms with Gasteiger partial charge in [0.05, 0.1) is 6.54 Å². The normalized spacial score (nSPS) is 18.0. The Bertz CT molecular complexity index is 821. The Hall–Kier alpha value is -2.66. The number of benzene rings is 2. The van der Waals surface area contributed by atoms with Crippen molar-refractivity contribution in [2.24, 2.45) is 0 Å². The third-order valence-corrected chi connectivity index (χ3v) is 6.16. The minimum Gasteiger partial charge on any atom is -0.343 e. The minimum atomic E-state index is -0.206. The molecule has 2 amide bonds. The molecule has 2 aliphatic rings. The molecule has 1 N–H and O–H groups in total. The fraction of sp³-hybridized carbons (Fsp3) is 0.417. The van der Waals surface area contributed by atoms with Crippen molar-refractivity contribution in [3.05, 3.63) is 60.2 Å². The van der Waals surface area contributed by atoms with Crippen LogP contribution in [0.3, 0.4) is 0 Å². The molecule has 152 valence electrons. The molecule has 2 aromatic rings. The molecule has 0 unspecified atom stereocenters. The topological polar surface area (TPSA) is 52.7 Å². The van der Waals surface area contributed by atoms with Crippen LogP contribution in [-0.4, -0.2) is 60.4 Å². The van der Waals surface area contributed by atoms with Crippen molar-refractivity contribution in [3.63, 3.8) is 0 Å². The van der Waals surface area contributed by atoms with Crippen molar-refractivity contribution in [1.29, 1.82) is 0 Å². The third kappa shape index (κ3) is 4.85. The summed E-state index contributed by atoms with van der Waals surface area (Å²) in [7, 11) is 0. The van der Waals surface area contributed by atoms with Gasteiger partial charge in [0.1, 0.15) is 0 Å². The molecular formula is C24H29N3O2. The van der Waals surface area contributed by atoms with Crippen molar-refractivity contribution < 1.29 is 9.59 Å². The summed E-state index contributed by atoms with van der Waals surface area (Å²) in [5, 5.41) is 2.78. The summed E-state index contributed by atoms with van der Waals surface area (Å²) in [5.41, 5.74) is 2.76. The van der Waals surface area contributed by atoms with Crippen molar-refractivity contribution in [1.82, 2.24) is 15.1 Å². The molecule has 1 saturated carbocycles. The van der Waals surface area contributed by atoms with Crippen molar-refractivity contribution in [2.75, 3.05) is 32.7 Å². The van der Waals surface area contributed by atoms with Crippen LogP contribution in [0.4, 0.5) is 0 Å². The highest BCUT2D eigenvalue weighted by Gasteiger charge is 2.27. The number of carbonyl (C=O) groups excluding carboxylic acids is 2. The van der Waals surface area contributed by atoms with Crippen molar-refractivity contribution in [2.45, 2.75) is 31.7 Å². The maximum Gasteiger partial charge on any atom is 0.251 e. The Morgan fingerprint density at radius 2 is 1.45 bits per heavy atom. The van der Waals surface area contributed by atoms with Crippen LogP contribution in [0.1, 0.15) is 36.0 Å². The maximum atomic E-state index is 12.5. The lowest BCUT2D eigenvalue weighted by Crippen LogP contribution is -2.53. The molecule has 0 aromatic heterocycles. The van der Waals surface area contributed by atoms with Crippen LogP contribution >= 0.6 is 0 Å². The Balaban J connectivity index is 1.24. The molecular weight excluding hydrogens is 362 g/mol. The van der Waals surface area contributed by atoms with Gasteiger partial charge in [-0.3, -0.25) is 14.5 Å². The number of nitrogens with one attached hydrogen (secondary N) is 1. The van der Waals surface area contributed by atoms with Crippen LogP contribution < -0.4 is 5.32 Å². The summed E-state index contributed by atoms with van der Waals surface area (Å²) in [6.07, 6.45) is 5.27. The van der Waals surface area contributed by atoms with Gasteiger partial charge in [-0.15, -0.1) is 0 Å². The van der Waals surface area contributed by atoms with Gasteiger partial charge in [0.15, 0.2) is 0 Å². The number of piperazine rings is 1. The second-order valence-corrected chi connectivity index (χ2v) is 7.98. The largest absolute Gasteiger partial charge is 0.343 e. The van der Waals surface area contributed by atoms with Gasteiger partial charge in [-0.2, -0.15) is 0 Å². The zero-order chi connectivity index (χ0) is 20.1. The molecule has 1 aliphatic carbocycles. The van der Waals surface area contributed by atoms with E-state index in [4.69, 9.17) is 0 Å².